The lowest BCUT2D eigenvalue weighted by Crippen LogP contribution is -2.21. The van der Waals surface area contributed by atoms with Gasteiger partial charge in [0.05, 0.1) is 5.56 Å². The van der Waals surface area contributed by atoms with Crippen molar-refractivity contribution in [3.8, 4) is 0 Å². The number of carbonyl (C=O) groups is 3. The van der Waals surface area contributed by atoms with Crippen LogP contribution in [0.4, 0.5) is 10.1 Å². The molecule has 0 fully saturated rings. The van der Waals surface area contributed by atoms with Crippen LogP contribution in [0.2, 0.25) is 0 Å². The van der Waals surface area contributed by atoms with Crippen LogP contribution in [0.25, 0.3) is 0 Å². The number of hydrogen-bond donors (Lipinski definition) is 1. The normalized spacial score (nSPS) is 10.0. The molecule has 2 aromatic carbocycles. The van der Waals surface area contributed by atoms with Crippen LogP contribution >= 0.6 is 0 Å². The third-order valence-electron chi connectivity index (χ3n) is 3.07. The summed E-state index contributed by atoms with van der Waals surface area (Å²) in [5.74, 6) is -1.70. The lowest BCUT2D eigenvalue weighted by atomic mass is 10.1. The van der Waals surface area contributed by atoms with Crippen LogP contribution in [-0.2, 0) is 9.53 Å². The predicted octanol–water partition coefficient (Wildman–Crippen LogP) is 2.74. The molecule has 0 saturated heterocycles. The van der Waals surface area contributed by atoms with Crippen molar-refractivity contribution in [1.82, 2.24) is 0 Å². The number of aldehydes is 1. The Labute approximate surface area is 132 Å². The molecule has 0 aliphatic heterocycles. The number of halogens is 1. The molecule has 0 spiro atoms. The Kier molecular flexibility index (Phi) is 5.19. The average molecular weight is 315 g/mol. The highest BCUT2D eigenvalue weighted by Crippen LogP contribution is 2.13. The second kappa shape index (κ2) is 7.31. The van der Waals surface area contributed by atoms with E-state index >= 15 is 0 Å². The lowest BCUT2D eigenvalue weighted by Gasteiger charge is -2.07. The van der Waals surface area contributed by atoms with Crippen molar-refractivity contribution in [2.24, 2.45) is 0 Å². The van der Waals surface area contributed by atoms with Gasteiger partial charge in [0.25, 0.3) is 5.91 Å². The van der Waals surface area contributed by atoms with Gasteiger partial charge in [-0.05, 0) is 36.8 Å². The molecule has 0 aliphatic rings. The third kappa shape index (κ3) is 4.47. The quantitative estimate of drug-likeness (QED) is 0.680. The van der Waals surface area contributed by atoms with E-state index in [2.05, 4.69) is 5.32 Å². The van der Waals surface area contributed by atoms with E-state index in [0.29, 0.717) is 17.4 Å². The summed E-state index contributed by atoms with van der Waals surface area (Å²) >= 11 is 0. The lowest BCUT2D eigenvalue weighted by molar-refractivity contribution is -0.119. The molecule has 0 aliphatic carbocycles. The highest BCUT2D eigenvalue weighted by Gasteiger charge is 2.11. The Bertz CT molecular complexity index is 741. The molecule has 1 N–H and O–H groups in total. The van der Waals surface area contributed by atoms with E-state index in [1.165, 1.54) is 36.4 Å². The number of anilines is 1. The number of nitrogens with one attached hydrogen (secondary N) is 1. The zero-order valence-corrected chi connectivity index (χ0v) is 12.3. The number of ether oxygens (including phenoxy) is 1. The number of amides is 1. The summed E-state index contributed by atoms with van der Waals surface area (Å²) in [6.07, 6.45) is 0.656. The predicted molar refractivity (Wildman–Crippen MR) is 81.9 cm³/mol. The summed E-state index contributed by atoms with van der Waals surface area (Å²) in [5, 5.41) is 2.43. The monoisotopic (exact) mass is 315 g/mol. The van der Waals surface area contributed by atoms with Crippen LogP contribution in [0.15, 0.2) is 42.5 Å². The molecule has 0 aromatic heterocycles. The zero-order chi connectivity index (χ0) is 16.8. The molecule has 0 heterocycles. The topological polar surface area (TPSA) is 72.5 Å². The van der Waals surface area contributed by atoms with Gasteiger partial charge in [-0.3, -0.25) is 9.59 Å². The molecule has 0 radical (unpaired) electrons. The summed E-state index contributed by atoms with van der Waals surface area (Å²) < 4.78 is 18.2. The summed E-state index contributed by atoms with van der Waals surface area (Å²) in [7, 11) is 0. The molecule has 118 valence electrons. The third-order valence-corrected chi connectivity index (χ3v) is 3.07. The highest BCUT2D eigenvalue weighted by molar-refractivity contribution is 5.95. The molecule has 0 bridgehead atoms. The minimum atomic E-state index is -0.687. The first-order valence-corrected chi connectivity index (χ1v) is 6.78. The van der Waals surface area contributed by atoms with Crippen molar-refractivity contribution in [1.29, 1.82) is 0 Å². The Balaban J connectivity index is 1.88. The van der Waals surface area contributed by atoms with Gasteiger partial charge in [-0.15, -0.1) is 0 Å². The van der Waals surface area contributed by atoms with Crippen LogP contribution in [0, 0.1) is 12.7 Å². The van der Waals surface area contributed by atoms with Crippen molar-refractivity contribution < 1.29 is 23.5 Å². The van der Waals surface area contributed by atoms with Crippen LogP contribution in [0.1, 0.15) is 26.3 Å². The van der Waals surface area contributed by atoms with Gasteiger partial charge in [0.15, 0.2) is 6.61 Å². The summed E-state index contributed by atoms with van der Waals surface area (Å²) in [4.78, 5) is 34.0. The Morgan fingerprint density at radius 1 is 1.17 bits per heavy atom. The maximum absolute atomic E-state index is 13.4. The second-order valence-electron chi connectivity index (χ2n) is 4.83. The van der Waals surface area contributed by atoms with Crippen molar-refractivity contribution in [2.45, 2.75) is 6.92 Å². The Morgan fingerprint density at radius 3 is 2.48 bits per heavy atom. The first-order chi connectivity index (χ1) is 11.0. The molecule has 2 aromatic rings. The van der Waals surface area contributed by atoms with E-state index in [0.717, 1.165) is 0 Å². The maximum atomic E-state index is 13.4. The van der Waals surface area contributed by atoms with Crippen LogP contribution in [0.3, 0.4) is 0 Å². The van der Waals surface area contributed by atoms with Gasteiger partial charge in [-0.25, -0.2) is 9.18 Å². The van der Waals surface area contributed by atoms with Crippen LogP contribution in [0.5, 0.6) is 0 Å². The molecular weight excluding hydrogens is 301 g/mol. The molecule has 2 rings (SSSR count). The van der Waals surface area contributed by atoms with Crippen molar-refractivity contribution in [2.75, 3.05) is 11.9 Å². The van der Waals surface area contributed by atoms with E-state index in [1.807, 2.05) is 0 Å². The largest absolute Gasteiger partial charge is 0.452 e. The van der Waals surface area contributed by atoms with Gasteiger partial charge in [0.2, 0.25) is 0 Å². The molecule has 6 heteroatoms. The number of rotatable bonds is 5. The zero-order valence-electron chi connectivity index (χ0n) is 12.3. The molecule has 23 heavy (non-hydrogen) atoms. The first kappa shape index (κ1) is 16.4. The summed E-state index contributed by atoms with van der Waals surface area (Å²) in [6.45, 7) is 1.11. The van der Waals surface area contributed by atoms with Crippen molar-refractivity contribution in [3.63, 3.8) is 0 Å². The fourth-order valence-electron chi connectivity index (χ4n) is 1.78. The van der Waals surface area contributed by atoms with Crippen LogP contribution < -0.4 is 5.32 Å². The number of benzene rings is 2. The van der Waals surface area contributed by atoms with Gasteiger partial charge in [-0.1, -0.05) is 18.2 Å². The Hall–Kier alpha value is -3.02. The highest BCUT2D eigenvalue weighted by atomic mass is 19.1. The number of hydrogen-bond acceptors (Lipinski definition) is 4. The van der Waals surface area contributed by atoms with Crippen molar-refractivity contribution in [3.05, 3.63) is 65.0 Å². The van der Waals surface area contributed by atoms with E-state index in [9.17, 15) is 18.8 Å². The smallest absolute Gasteiger partial charge is 0.338 e. The van der Waals surface area contributed by atoms with E-state index < -0.39 is 24.3 Å². The number of carbonyl (C=O) groups excluding carboxylic acids is 3. The van der Waals surface area contributed by atoms with Crippen LogP contribution in [-0.4, -0.2) is 24.8 Å². The fraction of sp³-hybridized carbons (Fsp3) is 0.118. The van der Waals surface area contributed by atoms with Gasteiger partial charge in [-0.2, -0.15) is 0 Å². The van der Waals surface area contributed by atoms with Crippen molar-refractivity contribution >= 4 is 23.9 Å². The molecule has 0 saturated carbocycles. The fourth-order valence-corrected chi connectivity index (χ4v) is 1.78. The van der Waals surface area contributed by atoms with Gasteiger partial charge in [0.1, 0.15) is 12.1 Å². The second-order valence-corrected chi connectivity index (χ2v) is 4.83. The summed E-state index contributed by atoms with van der Waals surface area (Å²) in [5.41, 5.74) is 1.41. The average Bonchev–Trinajstić information content (AvgIpc) is 2.56. The number of aryl methyl sites for hydroxylation is 1. The van der Waals surface area contributed by atoms with E-state index in [-0.39, 0.29) is 11.3 Å². The van der Waals surface area contributed by atoms with Gasteiger partial charge >= 0.3 is 5.97 Å². The standard InChI is InChI=1S/C17H14FNO4/c1-11-2-7-14(8-15(11)18)19-16(21)10-23-17(22)13-5-3-12(9-20)4-6-13/h2-9H,10H2,1H3,(H,19,21). The Morgan fingerprint density at radius 2 is 1.87 bits per heavy atom. The maximum Gasteiger partial charge on any atom is 0.338 e. The van der Waals surface area contributed by atoms with E-state index in [1.54, 1.807) is 13.0 Å². The minimum Gasteiger partial charge on any atom is -0.452 e. The molecule has 1 amide bonds. The number of esters is 1. The SMILES string of the molecule is Cc1ccc(NC(=O)COC(=O)c2ccc(C=O)cc2)cc1F. The molecular formula is C17H14FNO4. The minimum absolute atomic E-state index is 0.227. The van der Waals surface area contributed by atoms with Gasteiger partial charge < -0.3 is 10.1 Å². The summed E-state index contributed by atoms with van der Waals surface area (Å²) in [6, 6.07) is 10.1. The molecule has 0 atom stereocenters. The molecule has 5 nitrogen and oxygen atoms in total. The van der Waals surface area contributed by atoms with Gasteiger partial charge in [0, 0.05) is 11.3 Å². The van der Waals surface area contributed by atoms with E-state index in [4.69, 9.17) is 4.74 Å². The first-order valence-electron chi connectivity index (χ1n) is 6.78. The molecule has 0 unspecified atom stereocenters.